The van der Waals surface area contributed by atoms with Gasteiger partial charge in [-0.05, 0) is 39.7 Å². The van der Waals surface area contributed by atoms with Crippen LogP contribution in [0.1, 0.15) is 16.4 Å². The predicted molar refractivity (Wildman–Crippen MR) is 65.7 cm³/mol. The Morgan fingerprint density at radius 2 is 2.12 bits per heavy atom. The van der Waals surface area contributed by atoms with Gasteiger partial charge in [-0.2, -0.15) is 0 Å². The van der Waals surface area contributed by atoms with Gasteiger partial charge in [0, 0.05) is 27.1 Å². The molecular formula is C11H8BrNO2S. The summed E-state index contributed by atoms with van der Waals surface area (Å²) in [7, 11) is 0. The summed E-state index contributed by atoms with van der Waals surface area (Å²) in [5.41, 5.74) is 0.747. The Morgan fingerprint density at radius 3 is 2.62 bits per heavy atom. The molecule has 1 unspecified atom stereocenters. The van der Waals surface area contributed by atoms with Crippen LogP contribution in [-0.2, 0) is 4.79 Å². The van der Waals surface area contributed by atoms with Gasteiger partial charge in [-0.3, -0.25) is 9.78 Å². The molecule has 0 amide bonds. The Labute approximate surface area is 105 Å². The van der Waals surface area contributed by atoms with E-state index >= 15 is 0 Å². The molecule has 0 aromatic carbocycles. The van der Waals surface area contributed by atoms with Crippen molar-refractivity contribution >= 4 is 33.2 Å². The molecule has 16 heavy (non-hydrogen) atoms. The Balaban J connectivity index is 2.43. The van der Waals surface area contributed by atoms with E-state index in [9.17, 15) is 9.90 Å². The third-order valence-corrected chi connectivity index (χ3v) is 3.92. The summed E-state index contributed by atoms with van der Waals surface area (Å²) >= 11 is 4.76. The van der Waals surface area contributed by atoms with E-state index in [-0.39, 0.29) is 0 Å². The maximum Gasteiger partial charge on any atom is 0.316 e. The first-order valence-electron chi connectivity index (χ1n) is 4.55. The zero-order chi connectivity index (χ0) is 11.5. The molecule has 1 atom stereocenters. The van der Waals surface area contributed by atoms with Crippen LogP contribution in [0.15, 0.2) is 40.4 Å². The normalized spacial score (nSPS) is 12.3. The van der Waals surface area contributed by atoms with Crippen molar-refractivity contribution in [2.45, 2.75) is 5.92 Å². The Bertz CT molecular complexity index is 498. The Kier molecular flexibility index (Phi) is 3.36. The number of pyridine rings is 1. The van der Waals surface area contributed by atoms with Crippen LogP contribution in [0.2, 0.25) is 0 Å². The molecule has 82 valence electrons. The van der Waals surface area contributed by atoms with Crippen molar-refractivity contribution in [1.82, 2.24) is 4.98 Å². The average molecular weight is 298 g/mol. The third kappa shape index (κ3) is 2.31. The molecule has 0 fully saturated rings. The second-order valence-electron chi connectivity index (χ2n) is 3.22. The zero-order valence-electron chi connectivity index (χ0n) is 8.13. The molecule has 2 aromatic heterocycles. The molecule has 0 aliphatic rings. The highest BCUT2D eigenvalue weighted by Gasteiger charge is 2.23. The molecule has 0 aliphatic heterocycles. The summed E-state index contributed by atoms with van der Waals surface area (Å²) in [6.45, 7) is 0. The van der Waals surface area contributed by atoms with E-state index < -0.39 is 11.9 Å². The molecule has 0 spiro atoms. The summed E-state index contributed by atoms with van der Waals surface area (Å²) in [5.74, 6) is -1.46. The molecule has 0 aliphatic carbocycles. The lowest BCUT2D eigenvalue weighted by Crippen LogP contribution is -2.11. The highest BCUT2D eigenvalue weighted by atomic mass is 79.9. The minimum absolute atomic E-state index is 0.612. The summed E-state index contributed by atoms with van der Waals surface area (Å²) in [6.07, 6.45) is 3.21. The Hall–Kier alpha value is -1.20. The second-order valence-corrected chi connectivity index (χ2v) is 5.08. The highest BCUT2D eigenvalue weighted by molar-refractivity contribution is 9.10. The topological polar surface area (TPSA) is 50.2 Å². The fourth-order valence-electron chi connectivity index (χ4n) is 1.46. The summed E-state index contributed by atoms with van der Waals surface area (Å²) in [6, 6.07) is 5.29. The van der Waals surface area contributed by atoms with Crippen LogP contribution in [0.3, 0.4) is 0 Å². The van der Waals surface area contributed by atoms with E-state index in [4.69, 9.17) is 0 Å². The number of aromatic nitrogens is 1. The second kappa shape index (κ2) is 4.76. The first-order chi connectivity index (χ1) is 7.68. The number of thiophene rings is 1. The molecule has 1 N–H and O–H groups in total. The molecule has 0 saturated carbocycles. The van der Waals surface area contributed by atoms with E-state index in [1.165, 1.54) is 11.3 Å². The van der Waals surface area contributed by atoms with Crippen LogP contribution < -0.4 is 0 Å². The number of halogens is 1. The van der Waals surface area contributed by atoms with E-state index in [0.717, 1.165) is 14.9 Å². The third-order valence-electron chi connectivity index (χ3n) is 2.16. The number of hydrogen-bond acceptors (Lipinski definition) is 3. The SMILES string of the molecule is O=C(O)C(c1ccncc1)c1cc(Br)cs1. The highest BCUT2D eigenvalue weighted by Crippen LogP contribution is 2.31. The van der Waals surface area contributed by atoms with Crippen LogP contribution in [0.25, 0.3) is 0 Å². The van der Waals surface area contributed by atoms with Gasteiger partial charge in [0.2, 0.25) is 0 Å². The number of aliphatic carboxylic acids is 1. The lowest BCUT2D eigenvalue weighted by atomic mass is 9.99. The van der Waals surface area contributed by atoms with Crippen LogP contribution in [0.4, 0.5) is 0 Å². The van der Waals surface area contributed by atoms with Crippen LogP contribution in [0, 0.1) is 0 Å². The summed E-state index contributed by atoms with van der Waals surface area (Å²) in [4.78, 5) is 16.0. The molecular weight excluding hydrogens is 290 g/mol. The first-order valence-corrected chi connectivity index (χ1v) is 6.22. The molecule has 3 nitrogen and oxygen atoms in total. The minimum atomic E-state index is -0.847. The van der Waals surface area contributed by atoms with E-state index in [0.29, 0.717) is 0 Å². The van der Waals surface area contributed by atoms with Crippen molar-refractivity contribution in [3.05, 3.63) is 50.9 Å². The van der Waals surface area contributed by atoms with Gasteiger partial charge < -0.3 is 5.11 Å². The van der Waals surface area contributed by atoms with Crippen molar-refractivity contribution in [3.8, 4) is 0 Å². The molecule has 2 aromatic rings. The van der Waals surface area contributed by atoms with E-state index in [1.807, 2.05) is 11.4 Å². The molecule has 0 radical (unpaired) electrons. The Morgan fingerprint density at radius 1 is 1.44 bits per heavy atom. The van der Waals surface area contributed by atoms with Gasteiger partial charge in [0.15, 0.2) is 0 Å². The number of rotatable bonds is 3. The van der Waals surface area contributed by atoms with Crippen LogP contribution in [-0.4, -0.2) is 16.1 Å². The molecule has 0 bridgehead atoms. The molecule has 0 saturated heterocycles. The fourth-order valence-corrected chi connectivity index (χ4v) is 3.03. The van der Waals surface area contributed by atoms with E-state index in [1.54, 1.807) is 24.5 Å². The molecule has 2 rings (SSSR count). The van der Waals surface area contributed by atoms with Crippen molar-refractivity contribution < 1.29 is 9.90 Å². The van der Waals surface area contributed by atoms with Crippen molar-refractivity contribution in [3.63, 3.8) is 0 Å². The lowest BCUT2D eigenvalue weighted by Gasteiger charge is -2.09. The van der Waals surface area contributed by atoms with Gasteiger partial charge in [0.05, 0.1) is 0 Å². The quantitative estimate of drug-likeness (QED) is 0.947. The zero-order valence-corrected chi connectivity index (χ0v) is 10.5. The monoisotopic (exact) mass is 297 g/mol. The summed E-state index contributed by atoms with van der Waals surface area (Å²) in [5, 5.41) is 11.1. The van der Waals surface area contributed by atoms with Gasteiger partial charge in [-0.1, -0.05) is 0 Å². The van der Waals surface area contributed by atoms with Gasteiger partial charge in [0.1, 0.15) is 5.92 Å². The smallest absolute Gasteiger partial charge is 0.316 e. The summed E-state index contributed by atoms with van der Waals surface area (Å²) < 4.78 is 0.910. The minimum Gasteiger partial charge on any atom is -0.481 e. The van der Waals surface area contributed by atoms with Crippen molar-refractivity contribution in [2.75, 3.05) is 0 Å². The number of carbonyl (C=O) groups is 1. The van der Waals surface area contributed by atoms with Gasteiger partial charge in [0.25, 0.3) is 0 Å². The average Bonchev–Trinajstić information content (AvgIpc) is 2.66. The van der Waals surface area contributed by atoms with Crippen LogP contribution >= 0.6 is 27.3 Å². The maximum atomic E-state index is 11.3. The lowest BCUT2D eigenvalue weighted by molar-refractivity contribution is -0.137. The standard InChI is InChI=1S/C11H8BrNO2S/c12-8-5-9(16-6-8)10(11(14)15)7-1-3-13-4-2-7/h1-6,10H,(H,14,15). The number of nitrogens with zero attached hydrogens (tertiary/aromatic N) is 1. The van der Waals surface area contributed by atoms with Gasteiger partial charge in [-0.15, -0.1) is 11.3 Å². The van der Waals surface area contributed by atoms with Gasteiger partial charge >= 0.3 is 5.97 Å². The number of carboxylic acid groups (broad SMARTS) is 1. The van der Waals surface area contributed by atoms with Crippen LogP contribution in [0.5, 0.6) is 0 Å². The maximum absolute atomic E-state index is 11.3. The van der Waals surface area contributed by atoms with E-state index in [2.05, 4.69) is 20.9 Å². The predicted octanol–water partition coefficient (Wildman–Crippen LogP) is 3.12. The van der Waals surface area contributed by atoms with Crippen molar-refractivity contribution in [2.24, 2.45) is 0 Å². The van der Waals surface area contributed by atoms with Gasteiger partial charge in [-0.25, -0.2) is 0 Å². The fraction of sp³-hybridized carbons (Fsp3) is 0.0909. The molecule has 5 heteroatoms. The molecule has 2 heterocycles. The number of hydrogen-bond donors (Lipinski definition) is 1. The first kappa shape index (κ1) is 11.3. The number of carboxylic acids is 1. The largest absolute Gasteiger partial charge is 0.481 e. The van der Waals surface area contributed by atoms with Crippen molar-refractivity contribution in [1.29, 1.82) is 0 Å².